The highest BCUT2D eigenvalue weighted by Crippen LogP contribution is 2.27. The Morgan fingerprint density at radius 3 is 2.95 bits per heavy atom. The second-order valence-electron chi connectivity index (χ2n) is 5.80. The third-order valence-corrected chi connectivity index (χ3v) is 4.20. The lowest BCUT2D eigenvalue weighted by Crippen LogP contribution is -2.38. The van der Waals surface area contributed by atoms with Gasteiger partial charge < -0.3 is 5.11 Å². The molecule has 2 rings (SSSR count). The monoisotopic (exact) mass is 279 g/mol. The lowest BCUT2D eigenvalue weighted by molar-refractivity contribution is -0.138. The molecule has 1 heterocycles. The zero-order valence-corrected chi connectivity index (χ0v) is 11.9. The molecule has 1 saturated heterocycles. The molecule has 2 atom stereocenters. The number of carboxylic acid groups (broad SMARTS) is 1. The Morgan fingerprint density at radius 1 is 1.50 bits per heavy atom. The van der Waals surface area contributed by atoms with Crippen molar-refractivity contribution in [3.8, 4) is 0 Å². The van der Waals surface area contributed by atoms with Gasteiger partial charge in [0.05, 0.1) is 0 Å². The summed E-state index contributed by atoms with van der Waals surface area (Å²) >= 11 is 0. The number of carbonyl (C=O) groups is 1. The van der Waals surface area contributed by atoms with Crippen molar-refractivity contribution in [3.05, 3.63) is 35.6 Å². The van der Waals surface area contributed by atoms with Crippen molar-refractivity contribution in [3.63, 3.8) is 0 Å². The molecule has 1 aromatic carbocycles. The van der Waals surface area contributed by atoms with Crippen LogP contribution in [0.2, 0.25) is 0 Å². The van der Waals surface area contributed by atoms with Gasteiger partial charge in [0.15, 0.2) is 0 Å². The van der Waals surface area contributed by atoms with Crippen LogP contribution in [0.5, 0.6) is 0 Å². The Bertz CT molecular complexity index is 464. The minimum Gasteiger partial charge on any atom is -0.481 e. The summed E-state index contributed by atoms with van der Waals surface area (Å²) in [6.45, 7) is 4.45. The summed E-state index contributed by atoms with van der Waals surface area (Å²) in [7, 11) is 0. The Labute approximate surface area is 119 Å². The van der Waals surface area contributed by atoms with Crippen LogP contribution in [0.3, 0.4) is 0 Å². The predicted octanol–water partition coefficient (Wildman–Crippen LogP) is 3.15. The van der Waals surface area contributed by atoms with Gasteiger partial charge in [-0.15, -0.1) is 0 Å². The molecule has 1 aliphatic rings. The maximum Gasteiger partial charge on any atom is 0.303 e. The van der Waals surface area contributed by atoms with Crippen LogP contribution < -0.4 is 0 Å². The van der Waals surface area contributed by atoms with Gasteiger partial charge >= 0.3 is 5.97 Å². The van der Waals surface area contributed by atoms with Gasteiger partial charge in [0.2, 0.25) is 0 Å². The van der Waals surface area contributed by atoms with E-state index in [0.29, 0.717) is 12.5 Å². The lowest BCUT2D eigenvalue weighted by atomic mass is 9.84. The summed E-state index contributed by atoms with van der Waals surface area (Å²) in [5.41, 5.74) is 0.721. The molecule has 110 valence electrons. The van der Waals surface area contributed by atoms with E-state index in [4.69, 9.17) is 5.11 Å². The summed E-state index contributed by atoms with van der Waals surface area (Å²) in [6, 6.07) is 6.86. The van der Waals surface area contributed by atoms with Gasteiger partial charge in [0.1, 0.15) is 5.82 Å². The van der Waals surface area contributed by atoms with Crippen LogP contribution in [0.15, 0.2) is 24.3 Å². The van der Waals surface area contributed by atoms with E-state index in [1.807, 2.05) is 19.1 Å². The highest BCUT2D eigenvalue weighted by Gasteiger charge is 2.26. The minimum atomic E-state index is -0.733. The summed E-state index contributed by atoms with van der Waals surface area (Å²) in [5, 5.41) is 8.89. The van der Waals surface area contributed by atoms with Crippen molar-refractivity contribution in [2.45, 2.75) is 32.7 Å². The standard InChI is InChI=1S/C16H22FNO2/c1-12(9-16(19)20)13-6-4-8-18(10-13)11-14-5-2-3-7-15(14)17/h2-3,5,7,12-13H,4,6,8-11H2,1H3,(H,19,20). The Hall–Kier alpha value is -1.42. The fourth-order valence-electron chi connectivity index (χ4n) is 3.01. The van der Waals surface area contributed by atoms with E-state index < -0.39 is 5.97 Å². The number of hydrogen-bond acceptors (Lipinski definition) is 2. The van der Waals surface area contributed by atoms with Crippen molar-refractivity contribution >= 4 is 5.97 Å². The summed E-state index contributed by atoms with van der Waals surface area (Å²) in [4.78, 5) is 13.0. The first kappa shape index (κ1) is 15.0. The van der Waals surface area contributed by atoms with E-state index in [2.05, 4.69) is 4.90 Å². The molecule has 0 spiro atoms. The molecule has 20 heavy (non-hydrogen) atoms. The zero-order valence-electron chi connectivity index (χ0n) is 11.9. The fraction of sp³-hybridized carbons (Fsp3) is 0.562. The molecule has 1 aliphatic heterocycles. The Balaban J connectivity index is 1.93. The van der Waals surface area contributed by atoms with Crippen molar-refractivity contribution in [1.82, 2.24) is 4.90 Å². The largest absolute Gasteiger partial charge is 0.481 e. The van der Waals surface area contributed by atoms with Gasteiger partial charge in [-0.25, -0.2) is 4.39 Å². The second kappa shape index (κ2) is 6.84. The zero-order chi connectivity index (χ0) is 14.5. The van der Waals surface area contributed by atoms with Gasteiger partial charge in [0, 0.05) is 25.1 Å². The Kier molecular flexibility index (Phi) is 5.12. The lowest BCUT2D eigenvalue weighted by Gasteiger charge is -2.35. The number of benzene rings is 1. The quantitative estimate of drug-likeness (QED) is 0.900. The number of piperidine rings is 1. The third kappa shape index (κ3) is 4.04. The molecule has 0 aliphatic carbocycles. The van der Waals surface area contributed by atoms with Gasteiger partial charge in [-0.1, -0.05) is 25.1 Å². The first-order chi connectivity index (χ1) is 9.56. The molecular formula is C16H22FNO2. The normalized spacial score (nSPS) is 21.6. The van der Waals surface area contributed by atoms with Crippen LogP contribution >= 0.6 is 0 Å². The average molecular weight is 279 g/mol. The molecule has 1 aromatic rings. The summed E-state index contributed by atoms with van der Waals surface area (Å²) in [5.74, 6) is -0.320. The molecule has 0 aromatic heterocycles. The number of likely N-dealkylation sites (tertiary alicyclic amines) is 1. The van der Waals surface area contributed by atoms with E-state index >= 15 is 0 Å². The number of aliphatic carboxylic acids is 1. The van der Waals surface area contributed by atoms with Gasteiger partial charge in [-0.3, -0.25) is 9.69 Å². The van der Waals surface area contributed by atoms with E-state index in [1.165, 1.54) is 6.07 Å². The molecule has 2 unspecified atom stereocenters. The molecule has 0 radical (unpaired) electrons. The topological polar surface area (TPSA) is 40.5 Å². The highest BCUT2D eigenvalue weighted by molar-refractivity contribution is 5.67. The maximum absolute atomic E-state index is 13.7. The van der Waals surface area contributed by atoms with Crippen molar-refractivity contribution in [1.29, 1.82) is 0 Å². The number of hydrogen-bond donors (Lipinski definition) is 1. The second-order valence-corrected chi connectivity index (χ2v) is 5.80. The summed E-state index contributed by atoms with van der Waals surface area (Å²) in [6.07, 6.45) is 2.35. The van der Waals surface area contributed by atoms with Crippen LogP contribution in [0.25, 0.3) is 0 Å². The number of rotatable bonds is 5. The van der Waals surface area contributed by atoms with Crippen molar-refractivity contribution in [2.24, 2.45) is 11.8 Å². The van der Waals surface area contributed by atoms with E-state index in [1.54, 1.807) is 6.07 Å². The van der Waals surface area contributed by atoms with E-state index in [-0.39, 0.29) is 18.2 Å². The minimum absolute atomic E-state index is 0.159. The SMILES string of the molecule is CC(CC(=O)O)C1CCCN(Cc2ccccc2F)C1. The Morgan fingerprint density at radius 2 is 2.25 bits per heavy atom. The van der Waals surface area contributed by atoms with Crippen molar-refractivity contribution in [2.75, 3.05) is 13.1 Å². The smallest absolute Gasteiger partial charge is 0.303 e. The molecule has 1 fully saturated rings. The van der Waals surface area contributed by atoms with E-state index in [0.717, 1.165) is 31.5 Å². The van der Waals surface area contributed by atoms with Crippen LogP contribution in [0.4, 0.5) is 4.39 Å². The summed E-state index contributed by atoms with van der Waals surface area (Å²) < 4.78 is 13.7. The van der Waals surface area contributed by atoms with Crippen molar-refractivity contribution < 1.29 is 14.3 Å². The molecule has 4 heteroatoms. The van der Waals surface area contributed by atoms with Crippen LogP contribution in [-0.2, 0) is 11.3 Å². The molecular weight excluding hydrogens is 257 g/mol. The number of nitrogens with zero attached hydrogens (tertiary/aromatic N) is 1. The van der Waals surface area contributed by atoms with Gasteiger partial charge in [-0.05, 0) is 37.3 Å². The van der Waals surface area contributed by atoms with Crippen LogP contribution in [-0.4, -0.2) is 29.1 Å². The molecule has 0 saturated carbocycles. The highest BCUT2D eigenvalue weighted by atomic mass is 19.1. The average Bonchev–Trinajstić information content (AvgIpc) is 2.41. The van der Waals surface area contributed by atoms with Gasteiger partial charge in [0.25, 0.3) is 0 Å². The molecule has 1 N–H and O–H groups in total. The van der Waals surface area contributed by atoms with Gasteiger partial charge in [-0.2, -0.15) is 0 Å². The molecule has 0 bridgehead atoms. The predicted molar refractivity (Wildman–Crippen MR) is 75.8 cm³/mol. The maximum atomic E-state index is 13.7. The number of halogens is 1. The molecule has 0 amide bonds. The fourth-order valence-corrected chi connectivity index (χ4v) is 3.01. The van der Waals surface area contributed by atoms with E-state index in [9.17, 15) is 9.18 Å². The first-order valence-electron chi connectivity index (χ1n) is 7.24. The first-order valence-corrected chi connectivity index (χ1v) is 7.24. The third-order valence-electron chi connectivity index (χ3n) is 4.20. The van der Waals surface area contributed by atoms with Crippen LogP contribution in [0, 0.1) is 17.7 Å². The van der Waals surface area contributed by atoms with Crippen LogP contribution in [0.1, 0.15) is 31.7 Å². The molecule has 3 nitrogen and oxygen atoms in total. The number of carboxylic acids is 1.